The Bertz CT molecular complexity index is 1420. The summed E-state index contributed by atoms with van der Waals surface area (Å²) in [4.78, 5) is 28.9. The van der Waals surface area contributed by atoms with Gasteiger partial charge in [-0.25, -0.2) is 12.8 Å². The molecule has 0 unspecified atom stereocenters. The fraction of sp³-hybridized carbons (Fsp3) is 0.333. The molecule has 0 spiro atoms. The lowest BCUT2D eigenvalue weighted by atomic mass is 10.0. The van der Waals surface area contributed by atoms with Gasteiger partial charge in [0.25, 0.3) is 0 Å². The van der Waals surface area contributed by atoms with Gasteiger partial charge in [0, 0.05) is 30.1 Å². The Morgan fingerprint density at radius 2 is 1.70 bits per heavy atom. The average molecular weight is 588 g/mol. The van der Waals surface area contributed by atoms with Crippen molar-refractivity contribution in [2.75, 3.05) is 23.7 Å². The minimum atomic E-state index is -3.94. The maximum atomic E-state index is 14.8. The lowest BCUT2D eigenvalue weighted by molar-refractivity contribution is -0.140. The highest BCUT2D eigenvalue weighted by atomic mass is 35.5. The number of sulfonamides is 1. The van der Waals surface area contributed by atoms with Gasteiger partial charge < -0.3 is 10.2 Å². The van der Waals surface area contributed by atoms with E-state index in [1.165, 1.54) is 23.1 Å². The second kappa shape index (κ2) is 14.3. The number of nitrogens with one attached hydrogen (secondary N) is 1. The first-order chi connectivity index (χ1) is 19.0. The van der Waals surface area contributed by atoms with E-state index in [2.05, 4.69) is 5.32 Å². The number of amides is 2. The van der Waals surface area contributed by atoms with Crippen LogP contribution in [-0.2, 0) is 32.6 Å². The van der Waals surface area contributed by atoms with Crippen molar-refractivity contribution in [3.63, 3.8) is 0 Å². The zero-order valence-corrected chi connectivity index (χ0v) is 24.5. The van der Waals surface area contributed by atoms with Gasteiger partial charge in [-0.05, 0) is 42.7 Å². The van der Waals surface area contributed by atoms with Crippen LogP contribution in [0.15, 0.2) is 72.8 Å². The summed E-state index contributed by atoms with van der Waals surface area (Å²) < 4.78 is 41.6. The van der Waals surface area contributed by atoms with Gasteiger partial charge in [-0.3, -0.25) is 13.9 Å². The zero-order valence-electron chi connectivity index (χ0n) is 22.9. The second-order valence-electron chi connectivity index (χ2n) is 9.66. The van der Waals surface area contributed by atoms with E-state index < -0.39 is 40.2 Å². The summed E-state index contributed by atoms with van der Waals surface area (Å²) in [6, 6.07) is 19.0. The SMILES string of the molecule is CCCCNC(=O)[C@H](Cc1ccccc1)N(Cc1ccccc1F)C(=O)CN(c1cc(Cl)ccc1C)S(C)(=O)=O. The third kappa shape index (κ3) is 8.53. The number of anilines is 1. The van der Waals surface area contributed by atoms with Gasteiger partial charge in [-0.2, -0.15) is 0 Å². The summed E-state index contributed by atoms with van der Waals surface area (Å²) in [7, 11) is -3.94. The monoisotopic (exact) mass is 587 g/mol. The van der Waals surface area contributed by atoms with Crippen molar-refractivity contribution in [1.82, 2.24) is 10.2 Å². The molecule has 7 nitrogen and oxygen atoms in total. The number of unbranched alkanes of at least 4 members (excludes halogenated alkanes) is 1. The molecule has 0 saturated carbocycles. The normalized spacial score (nSPS) is 12.0. The van der Waals surface area contributed by atoms with E-state index in [0.717, 1.165) is 29.0 Å². The standard InChI is InChI=1S/C30H35ClFN3O4S/c1-4-5-17-33-30(37)28(18-23-11-7-6-8-12-23)34(20-24-13-9-10-14-26(24)32)29(36)21-35(40(3,38)39)27-19-25(31)16-15-22(27)2/h6-16,19,28H,4-5,17-18,20-21H2,1-3H3,(H,33,37)/t28-/m0/s1. The molecular weight excluding hydrogens is 553 g/mol. The molecule has 0 aliphatic rings. The van der Waals surface area contributed by atoms with Gasteiger partial charge in [0.05, 0.1) is 11.9 Å². The van der Waals surface area contributed by atoms with Crippen LogP contribution < -0.4 is 9.62 Å². The third-order valence-electron chi connectivity index (χ3n) is 6.52. The van der Waals surface area contributed by atoms with E-state index in [9.17, 15) is 22.4 Å². The molecule has 0 radical (unpaired) electrons. The smallest absolute Gasteiger partial charge is 0.244 e. The summed E-state index contributed by atoms with van der Waals surface area (Å²) in [6.45, 7) is 3.31. The minimum Gasteiger partial charge on any atom is -0.354 e. The molecule has 0 aliphatic heterocycles. The molecule has 3 rings (SSSR count). The van der Waals surface area contributed by atoms with Crippen molar-refractivity contribution in [1.29, 1.82) is 0 Å². The highest BCUT2D eigenvalue weighted by Crippen LogP contribution is 2.27. The molecule has 3 aromatic rings. The average Bonchev–Trinajstić information content (AvgIpc) is 2.91. The van der Waals surface area contributed by atoms with Crippen LogP contribution in [0.1, 0.15) is 36.5 Å². The van der Waals surface area contributed by atoms with Crippen LogP contribution in [0.25, 0.3) is 0 Å². The minimum absolute atomic E-state index is 0.161. The molecule has 1 atom stereocenters. The number of hydrogen-bond donors (Lipinski definition) is 1. The van der Waals surface area contributed by atoms with Crippen LogP contribution in [0.2, 0.25) is 5.02 Å². The Morgan fingerprint density at radius 1 is 1.02 bits per heavy atom. The summed E-state index contributed by atoms with van der Waals surface area (Å²) in [6.07, 6.45) is 2.78. The van der Waals surface area contributed by atoms with E-state index in [-0.39, 0.29) is 24.2 Å². The highest BCUT2D eigenvalue weighted by molar-refractivity contribution is 7.92. The summed E-state index contributed by atoms with van der Waals surface area (Å²) in [5.74, 6) is -1.58. The molecule has 3 aromatic carbocycles. The number of nitrogens with zero attached hydrogens (tertiary/aromatic N) is 2. The van der Waals surface area contributed by atoms with Crippen molar-refractivity contribution in [3.8, 4) is 0 Å². The molecule has 2 amide bonds. The number of aryl methyl sites for hydroxylation is 1. The topological polar surface area (TPSA) is 86.8 Å². The van der Waals surface area contributed by atoms with E-state index in [1.807, 2.05) is 37.3 Å². The van der Waals surface area contributed by atoms with Crippen molar-refractivity contribution in [3.05, 3.63) is 100 Å². The molecular formula is C30H35ClFN3O4S. The third-order valence-corrected chi connectivity index (χ3v) is 7.88. The van der Waals surface area contributed by atoms with E-state index in [4.69, 9.17) is 11.6 Å². The van der Waals surface area contributed by atoms with Gasteiger partial charge in [-0.15, -0.1) is 0 Å². The van der Waals surface area contributed by atoms with Crippen LogP contribution in [0.3, 0.4) is 0 Å². The maximum Gasteiger partial charge on any atom is 0.244 e. The molecule has 0 fully saturated rings. The molecule has 0 bridgehead atoms. The first-order valence-electron chi connectivity index (χ1n) is 13.1. The predicted molar refractivity (Wildman–Crippen MR) is 157 cm³/mol. The second-order valence-corrected chi connectivity index (χ2v) is 12.0. The Labute approximate surface area is 241 Å². The van der Waals surface area contributed by atoms with Gasteiger partial charge in [0.2, 0.25) is 21.8 Å². The molecule has 214 valence electrons. The Hall–Kier alpha value is -3.43. The van der Waals surface area contributed by atoms with E-state index in [0.29, 0.717) is 17.1 Å². The summed E-state index contributed by atoms with van der Waals surface area (Å²) in [5, 5.41) is 3.20. The number of carbonyl (C=O) groups excluding carboxylic acids is 2. The summed E-state index contributed by atoms with van der Waals surface area (Å²) >= 11 is 6.17. The number of benzene rings is 3. The van der Waals surface area contributed by atoms with E-state index in [1.54, 1.807) is 31.2 Å². The van der Waals surface area contributed by atoms with E-state index >= 15 is 0 Å². The number of carbonyl (C=O) groups is 2. The number of halogens is 2. The predicted octanol–water partition coefficient (Wildman–Crippen LogP) is 5.11. The van der Waals surface area contributed by atoms with Gasteiger partial charge in [0.1, 0.15) is 18.4 Å². The summed E-state index contributed by atoms with van der Waals surface area (Å²) in [5.41, 5.74) is 1.86. The Morgan fingerprint density at radius 3 is 2.35 bits per heavy atom. The van der Waals surface area contributed by atoms with Crippen LogP contribution in [-0.4, -0.2) is 50.5 Å². The fourth-order valence-corrected chi connectivity index (χ4v) is 5.38. The molecule has 1 N–H and O–H groups in total. The molecule has 10 heteroatoms. The Kier molecular flexibility index (Phi) is 11.1. The lowest BCUT2D eigenvalue weighted by Crippen LogP contribution is -2.53. The van der Waals surface area contributed by atoms with Gasteiger partial charge in [-0.1, -0.05) is 79.5 Å². The van der Waals surface area contributed by atoms with Gasteiger partial charge >= 0.3 is 0 Å². The highest BCUT2D eigenvalue weighted by Gasteiger charge is 2.33. The maximum absolute atomic E-state index is 14.8. The van der Waals surface area contributed by atoms with Gasteiger partial charge in [0.15, 0.2) is 0 Å². The molecule has 40 heavy (non-hydrogen) atoms. The fourth-order valence-electron chi connectivity index (χ4n) is 4.32. The van der Waals surface area contributed by atoms with Crippen LogP contribution in [0.5, 0.6) is 0 Å². The first-order valence-corrected chi connectivity index (χ1v) is 15.3. The van der Waals surface area contributed by atoms with Crippen LogP contribution in [0.4, 0.5) is 10.1 Å². The molecule has 0 aliphatic carbocycles. The van der Waals surface area contributed by atoms with Crippen LogP contribution in [0, 0.1) is 12.7 Å². The van der Waals surface area contributed by atoms with Crippen molar-refractivity contribution in [2.24, 2.45) is 0 Å². The van der Waals surface area contributed by atoms with Crippen molar-refractivity contribution < 1.29 is 22.4 Å². The lowest BCUT2D eigenvalue weighted by Gasteiger charge is -2.34. The Balaban J connectivity index is 2.07. The van der Waals surface area contributed by atoms with Crippen molar-refractivity contribution >= 4 is 39.1 Å². The largest absolute Gasteiger partial charge is 0.354 e. The molecule has 0 heterocycles. The number of rotatable bonds is 13. The zero-order chi connectivity index (χ0) is 29.3. The first kappa shape index (κ1) is 31.1. The van der Waals surface area contributed by atoms with Crippen molar-refractivity contribution in [2.45, 2.75) is 45.7 Å². The number of hydrogen-bond acceptors (Lipinski definition) is 4. The molecule has 0 saturated heterocycles. The van der Waals surface area contributed by atoms with Crippen LogP contribution >= 0.6 is 11.6 Å². The molecule has 0 aromatic heterocycles. The quantitative estimate of drug-likeness (QED) is 0.282.